The van der Waals surface area contributed by atoms with Crippen molar-refractivity contribution in [1.29, 1.82) is 0 Å². The first-order valence-electron chi connectivity index (χ1n) is 7.40. The van der Waals surface area contributed by atoms with Gasteiger partial charge in [-0.15, -0.1) is 0 Å². The van der Waals surface area contributed by atoms with E-state index in [1.54, 1.807) is 6.07 Å². The second-order valence-electron chi connectivity index (χ2n) is 5.66. The second-order valence-corrected chi connectivity index (χ2v) is 6.10. The van der Waals surface area contributed by atoms with Crippen LogP contribution in [0.4, 0.5) is 4.39 Å². The van der Waals surface area contributed by atoms with Crippen LogP contribution >= 0.6 is 12.2 Å². The predicted molar refractivity (Wildman–Crippen MR) is 85.2 cm³/mol. The molecule has 0 bridgehead atoms. The van der Waals surface area contributed by atoms with Gasteiger partial charge in [-0.1, -0.05) is 31.6 Å². The van der Waals surface area contributed by atoms with Gasteiger partial charge < -0.3 is 5.73 Å². The van der Waals surface area contributed by atoms with E-state index in [-0.39, 0.29) is 10.8 Å². The van der Waals surface area contributed by atoms with E-state index < -0.39 is 0 Å². The minimum absolute atomic E-state index is 0.131. The minimum Gasteiger partial charge on any atom is -0.389 e. The lowest BCUT2D eigenvalue weighted by atomic mass is 9.98. The monoisotopic (exact) mass is 294 g/mol. The summed E-state index contributed by atoms with van der Waals surface area (Å²) in [6, 6.07) is 5.09. The maximum atomic E-state index is 13.6. The molecule has 1 atom stereocenters. The van der Waals surface area contributed by atoms with Crippen LogP contribution < -0.4 is 5.73 Å². The highest BCUT2D eigenvalue weighted by Gasteiger charge is 2.16. The molecule has 2 nitrogen and oxygen atoms in total. The molecule has 20 heavy (non-hydrogen) atoms. The van der Waals surface area contributed by atoms with Crippen molar-refractivity contribution in [2.75, 3.05) is 13.1 Å². The second kappa shape index (κ2) is 7.14. The Balaban J connectivity index is 2.02. The zero-order valence-corrected chi connectivity index (χ0v) is 12.9. The molecule has 1 unspecified atom stereocenters. The van der Waals surface area contributed by atoms with E-state index in [4.69, 9.17) is 18.0 Å². The van der Waals surface area contributed by atoms with Gasteiger partial charge in [0.05, 0.1) is 0 Å². The number of hydrogen-bond donors (Lipinski definition) is 1. The molecular formula is C16H23FN2S. The molecule has 1 saturated heterocycles. The Morgan fingerprint density at radius 2 is 2.20 bits per heavy atom. The lowest BCUT2D eigenvalue weighted by molar-refractivity contribution is 0.272. The molecule has 2 rings (SSSR count). The summed E-state index contributed by atoms with van der Waals surface area (Å²) in [7, 11) is 0. The van der Waals surface area contributed by atoms with E-state index in [9.17, 15) is 4.39 Å². The molecule has 1 aromatic rings. The van der Waals surface area contributed by atoms with Crippen molar-refractivity contribution in [3.8, 4) is 0 Å². The zero-order valence-electron chi connectivity index (χ0n) is 12.1. The number of nitrogens with zero attached hydrogens (tertiary/aromatic N) is 1. The van der Waals surface area contributed by atoms with Crippen LogP contribution in [0.25, 0.3) is 0 Å². The van der Waals surface area contributed by atoms with E-state index in [2.05, 4.69) is 11.8 Å². The van der Waals surface area contributed by atoms with E-state index >= 15 is 0 Å². The van der Waals surface area contributed by atoms with Crippen LogP contribution in [0.15, 0.2) is 18.2 Å². The van der Waals surface area contributed by atoms with Crippen LogP contribution in [0.2, 0.25) is 0 Å². The molecule has 1 heterocycles. The number of likely N-dealkylation sites (tertiary alicyclic amines) is 1. The molecule has 1 aliphatic heterocycles. The number of hydrogen-bond acceptors (Lipinski definition) is 2. The van der Waals surface area contributed by atoms with Gasteiger partial charge in [-0.2, -0.15) is 0 Å². The van der Waals surface area contributed by atoms with E-state index in [0.29, 0.717) is 5.56 Å². The molecular weight excluding hydrogens is 271 g/mol. The van der Waals surface area contributed by atoms with Crippen LogP contribution in [-0.2, 0) is 6.54 Å². The first-order valence-corrected chi connectivity index (χ1v) is 7.81. The Kier molecular flexibility index (Phi) is 5.49. The van der Waals surface area contributed by atoms with Gasteiger partial charge in [-0.05, 0) is 56.0 Å². The van der Waals surface area contributed by atoms with E-state index in [0.717, 1.165) is 31.1 Å². The number of rotatable bonds is 4. The Hall–Kier alpha value is -1.00. The molecule has 110 valence electrons. The number of nitrogens with two attached hydrogens (primary N) is 1. The van der Waals surface area contributed by atoms with Crippen molar-refractivity contribution in [2.45, 2.75) is 39.2 Å². The van der Waals surface area contributed by atoms with Crippen molar-refractivity contribution >= 4 is 17.2 Å². The van der Waals surface area contributed by atoms with Gasteiger partial charge in [0.25, 0.3) is 0 Å². The van der Waals surface area contributed by atoms with Crippen molar-refractivity contribution in [3.63, 3.8) is 0 Å². The van der Waals surface area contributed by atoms with Gasteiger partial charge in [0, 0.05) is 12.1 Å². The number of halogens is 1. The van der Waals surface area contributed by atoms with Gasteiger partial charge in [-0.25, -0.2) is 4.39 Å². The van der Waals surface area contributed by atoms with Crippen LogP contribution in [0.5, 0.6) is 0 Å². The third kappa shape index (κ3) is 4.00. The third-order valence-corrected chi connectivity index (χ3v) is 4.44. The molecule has 1 aromatic carbocycles. The molecule has 4 heteroatoms. The highest BCUT2D eigenvalue weighted by Crippen LogP contribution is 2.22. The standard InChI is InChI=1S/C16H23FN2S/c1-2-12-4-3-8-19(9-7-12)11-13-5-6-15(17)14(10-13)16(18)20/h5-6,10,12H,2-4,7-9,11H2,1H3,(H2,18,20). The molecule has 0 saturated carbocycles. The van der Waals surface area contributed by atoms with Gasteiger partial charge in [0.15, 0.2) is 0 Å². The van der Waals surface area contributed by atoms with Crippen molar-refractivity contribution in [1.82, 2.24) is 4.90 Å². The lowest BCUT2D eigenvalue weighted by Gasteiger charge is -2.20. The maximum absolute atomic E-state index is 13.6. The first kappa shape index (κ1) is 15.4. The average Bonchev–Trinajstić information content (AvgIpc) is 2.66. The summed E-state index contributed by atoms with van der Waals surface area (Å²) in [6.45, 7) is 5.37. The summed E-state index contributed by atoms with van der Waals surface area (Å²) >= 11 is 4.89. The first-order chi connectivity index (χ1) is 9.60. The van der Waals surface area contributed by atoms with Gasteiger partial charge >= 0.3 is 0 Å². The maximum Gasteiger partial charge on any atom is 0.133 e. The third-order valence-electron chi connectivity index (χ3n) is 4.22. The molecule has 0 amide bonds. The van der Waals surface area contributed by atoms with Crippen LogP contribution in [0.3, 0.4) is 0 Å². The molecule has 0 radical (unpaired) electrons. The average molecular weight is 294 g/mol. The van der Waals surface area contributed by atoms with Crippen molar-refractivity contribution in [3.05, 3.63) is 35.1 Å². The lowest BCUT2D eigenvalue weighted by Crippen LogP contribution is -2.24. The molecule has 0 aliphatic carbocycles. The van der Waals surface area contributed by atoms with Gasteiger partial charge in [-0.3, -0.25) is 4.90 Å². The molecule has 1 aliphatic rings. The summed E-state index contributed by atoms with van der Waals surface area (Å²) in [5.74, 6) is 0.531. The summed E-state index contributed by atoms with van der Waals surface area (Å²) in [5.41, 5.74) is 7.00. The van der Waals surface area contributed by atoms with E-state index in [1.807, 2.05) is 6.07 Å². The topological polar surface area (TPSA) is 29.3 Å². The summed E-state index contributed by atoms with van der Waals surface area (Å²) < 4.78 is 13.6. The highest BCUT2D eigenvalue weighted by atomic mass is 32.1. The molecule has 0 aromatic heterocycles. The summed E-state index contributed by atoms with van der Waals surface area (Å²) in [5, 5.41) is 0. The minimum atomic E-state index is -0.330. The largest absolute Gasteiger partial charge is 0.389 e. The molecule has 2 N–H and O–H groups in total. The Labute approximate surface area is 126 Å². The predicted octanol–water partition coefficient (Wildman–Crippen LogP) is 3.47. The summed E-state index contributed by atoms with van der Waals surface area (Å²) in [6.07, 6.45) is 5.12. The molecule has 1 fully saturated rings. The quantitative estimate of drug-likeness (QED) is 0.862. The smallest absolute Gasteiger partial charge is 0.133 e. The van der Waals surface area contributed by atoms with E-state index in [1.165, 1.54) is 31.7 Å². The fraction of sp³-hybridized carbons (Fsp3) is 0.562. The highest BCUT2D eigenvalue weighted by molar-refractivity contribution is 7.80. The SMILES string of the molecule is CCC1CCCN(Cc2ccc(F)c(C(N)=S)c2)CC1. The Morgan fingerprint density at radius 1 is 1.40 bits per heavy atom. The number of benzene rings is 1. The fourth-order valence-electron chi connectivity index (χ4n) is 2.91. The van der Waals surface area contributed by atoms with Crippen LogP contribution in [0, 0.1) is 11.7 Å². The normalized spacial score (nSPS) is 20.6. The Bertz CT molecular complexity index is 476. The van der Waals surface area contributed by atoms with Crippen molar-refractivity contribution < 1.29 is 4.39 Å². The Morgan fingerprint density at radius 3 is 2.90 bits per heavy atom. The van der Waals surface area contributed by atoms with Gasteiger partial charge in [0.2, 0.25) is 0 Å². The fourth-order valence-corrected chi connectivity index (χ4v) is 3.07. The van der Waals surface area contributed by atoms with Crippen LogP contribution in [-0.4, -0.2) is 23.0 Å². The zero-order chi connectivity index (χ0) is 14.5. The molecule has 0 spiro atoms. The van der Waals surface area contributed by atoms with Gasteiger partial charge in [0.1, 0.15) is 10.8 Å². The number of thiocarbonyl (C=S) groups is 1. The van der Waals surface area contributed by atoms with Crippen LogP contribution in [0.1, 0.15) is 43.7 Å². The summed E-state index contributed by atoms with van der Waals surface area (Å²) in [4.78, 5) is 2.58. The van der Waals surface area contributed by atoms with Crippen molar-refractivity contribution in [2.24, 2.45) is 11.7 Å².